The van der Waals surface area contributed by atoms with Gasteiger partial charge in [0.05, 0.1) is 4.90 Å². The smallest absolute Gasteiger partial charge is 0.294 e. The Bertz CT molecular complexity index is 526. The Morgan fingerprint density at radius 2 is 1.22 bits per heavy atom. The van der Waals surface area contributed by atoms with Gasteiger partial charge in [-0.05, 0) is 30.9 Å². The Balaban J connectivity index is 2.10. The van der Waals surface area contributed by atoms with Crippen LogP contribution < -0.4 is 0 Å². The lowest BCUT2D eigenvalue weighted by atomic mass is 10.0. The van der Waals surface area contributed by atoms with E-state index >= 15 is 0 Å². The standard InChI is InChI=1S/C18H30O4S/c19-16-12-8-6-4-2-1-3-5-7-9-13-17-14-10-11-15-18(17)23(20,21)22/h10-11,14-15,19H,1-9,12-13,16H2,(H,20,21,22). The molecular formula is C18H30O4S. The molecule has 0 atom stereocenters. The molecule has 0 aliphatic carbocycles. The second-order valence-electron chi connectivity index (χ2n) is 6.09. The van der Waals surface area contributed by atoms with Crippen LogP contribution in [0.2, 0.25) is 0 Å². The highest BCUT2D eigenvalue weighted by molar-refractivity contribution is 7.85. The van der Waals surface area contributed by atoms with Crippen molar-refractivity contribution in [2.24, 2.45) is 0 Å². The van der Waals surface area contributed by atoms with Crippen molar-refractivity contribution in [3.05, 3.63) is 29.8 Å². The van der Waals surface area contributed by atoms with Gasteiger partial charge in [0.25, 0.3) is 10.1 Å². The predicted octanol–water partition coefficient (Wildman–Crippen LogP) is 4.37. The third-order valence-corrected chi connectivity index (χ3v) is 5.06. The first-order chi connectivity index (χ1) is 11.1. The average Bonchev–Trinajstić information content (AvgIpc) is 2.52. The molecule has 4 nitrogen and oxygen atoms in total. The summed E-state index contributed by atoms with van der Waals surface area (Å²) in [6, 6.07) is 6.67. The van der Waals surface area contributed by atoms with E-state index in [2.05, 4.69) is 0 Å². The summed E-state index contributed by atoms with van der Waals surface area (Å²) >= 11 is 0. The molecule has 0 spiro atoms. The number of aliphatic hydroxyl groups is 1. The van der Waals surface area contributed by atoms with Crippen LogP contribution in [0.3, 0.4) is 0 Å². The normalized spacial score (nSPS) is 11.7. The van der Waals surface area contributed by atoms with Crippen molar-refractivity contribution in [2.45, 2.75) is 75.5 Å². The van der Waals surface area contributed by atoms with E-state index < -0.39 is 10.1 Å². The molecule has 0 heterocycles. The molecule has 0 saturated heterocycles. The maximum atomic E-state index is 11.3. The highest BCUT2D eigenvalue weighted by atomic mass is 32.2. The predicted molar refractivity (Wildman–Crippen MR) is 93.2 cm³/mol. The molecule has 0 aliphatic heterocycles. The monoisotopic (exact) mass is 342 g/mol. The summed E-state index contributed by atoms with van der Waals surface area (Å²) in [5.74, 6) is 0. The lowest BCUT2D eigenvalue weighted by Crippen LogP contribution is -2.03. The molecule has 0 aliphatic rings. The summed E-state index contributed by atoms with van der Waals surface area (Å²) in [7, 11) is -4.11. The molecule has 0 aromatic heterocycles. The zero-order chi connectivity index (χ0) is 17.0. The number of unbranched alkanes of at least 4 members (excludes halogenated alkanes) is 9. The van der Waals surface area contributed by atoms with Gasteiger partial charge in [-0.3, -0.25) is 4.55 Å². The summed E-state index contributed by atoms with van der Waals surface area (Å²) < 4.78 is 31.8. The Morgan fingerprint density at radius 1 is 0.739 bits per heavy atom. The molecule has 23 heavy (non-hydrogen) atoms. The van der Waals surface area contributed by atoms with E-state index in [0.717, 1.165) is 25.7 Å². The first kappa shape index (κ1) is 20.1. The van der Waals surface area contributed by atoms with E-state index in [4.69, 9.17) is 5.11 Å². The zero-order valence-corrected chi connectivity index (χ0v) is 14.7. The summed E-state index contributed by atoms with van der Waals surface area (Å²) in [5, 5.41) is 8.69. The SMILES string of the molecule is O=S(=O)(O)c1ccccc1CCCCCCCCCCCCO. The number of benzene rings is 1. The first-order valence-corrected chi connectivity index (χ1v) is 10.2. The fraction of sp³-hybridized carbons (Fsp3) is 0.667. The van der Waals surface area contributed by atoms with Crippen LogP contribution in [-0.4, -0.2) is 24.7 Å². The Labute approximate surface area is 140 Å². The molecular weight excluding hydrogens is 312 g/mol. The van der Waals surface area contributed by atoms with Gasteiger partial charge in [-0.2, -0.15) is 8.42 Å². The second-order valence-corrected chi connectivity index (χ2v) is 7.48. The van der Waals surface area contributed by atoms with E-state index in [1.807, 2.05) is 0 Å². The fourth-order valence-electron chi connectivity index (χ4n) is 2.80. The molecule has 5 heteroatoms. The van der Waals surface area contributed by atoms with Gasteiger partial charge in [-0.1, -0.05) is 69.6 Å². The maximum Gasteiger partial charge on any atom is 0.294 e. The van der Waals surface area contributed by atoms with Crippen molar-refractivity contribution in [1.82, 2.24) is 0 Å². The van der Waals surface area contributed by atoms with Gasteiger partial charge in [-0.15, -0.1) is 0 Å². The third kappa shape index (κ3) is 9.08. The van der Waals surface area contributed by atoms with E-state index in [-0.39, 0.29) is 4.90 Å². The van der Waals surface area contributed by atoms with Gasteiger partial charge >= 0.3 is 0 Å². The van der Waals surface area contributed by atoms with Crippen LogP contribution in [0.5, 0.6) is 0 Å². The van der Waals surface area contributed by atoms with E-state index in [9.17, 15) is 13.0 Å². The van der Waals surface area contributed by atoms with Crippen LogP contribution in [0.4, 0.5) is 0 Å². The van der Waals surface area contributed by atoms with Gasteiger partial charge in [0.2, 0.25) is 0 Å². The fourth-order valence-corrected chi connectivity index (χ4v) is 3.56. The summed E-state index contributed by atoms with van der Waals surface area (Å²) in [6.07, 6.45) is 12.1. The van der Waals surface area contributed by atoms with Crippen molar-refractivity contribution in [3.63, 3.8) is 0 Å². The molecule has 0 fully saturated rings. The minimum absolute atomic E-state index is 0.0443. The molecule has 0 saturated carbocycles. The van der Waals surface area contributed by atoms with E-state index in [1.165, 1.54) is 44.6 Å². The van der Waals surface area contributed by atoms with Crippen molar-refractivity contribution < 1.29 is 18.1 Å². The summed E-state index contributed by atoms with van der Waals surface area (Å²) in [6.45, 7) is 0.306. The van der Waals surface area contributed by atoms with Crippen molar-refractivity contribution in [2.75, 3.05) is 6.61 Å². The average molecular weight is 343 g/mol. The third-order valence-electron chi connectivity index (χ3n) is 4.10. The molecule has 1 rings (SSSR count). The topological polar surface area (TPSA) is 74.6 Å². The number of rotatable bonds is 13. The minimum atomic E-state index is -4.11. The lowest BCUT2D eigenvalue weighted by Gasteiger charge is -2.07. The van der Waals surface area contributed by atoms with E-state index in [0.29, 0.717) is 18.6 Å². The summed E-state index contributed by atoms with van der Waals surface area (Å²) in [5.41, 5.74) is 0.707. The highest BCUT2D eigenvalue weighted by Gasteiger charge is 2.13. The molecule has 1 aromatic carbocycles. The van der Waals surface area contributed by atoms with Crippen LogP contribution in [0.25, 0.3) is 0 Å². The van der Waals surface area contributed by atoms with Crippen LogP contribution in [0.1, 0.15) is 69.8 Å². The zero-order valence-electron chi connectivity index (χ0n) is 13.9. The number of aryl methyl sites for hydroxylation is 1. The molecule has 2 N–H and O–H groups in total. The highest BCUT2D eigenvalue weighted by Crippen LogP contribution is 2.18. The summed E-state index contributed by atoms with van der Waals surface area (Å²) in [4.78, 5) is 0.0443. The van der Waals surface area contributed by atoms with Crippen molar-refractivity contribution >= 4 is 10.1 Å². The van der Waals surface area contributed by atoms with Gasteiger partial charge in [0.1, 0.15) is 0 Å². The largest absolute Gasteiger partial charge is 0.396 e. The molecule has 0 amide bonds. The van der Waals surface area contributed by atoms with Crippen LogP contribution in [0.15, 0.2) is 29.2 Å². The first-order valence-electron chi connectivity index (χ1n) is 8.72. The van der Waals surface area contributed by atoms with Gasteiger partial charge < -0.3 is 5.11 Å². The molecule has 1 aromatic rings. The Kier molecular flexibility index (Phi) is 10.2. The molecule has 0 unspecified atom stereocenters. The number of aliphatic hydroxyl groups excluding tert-OH is 1. The van der Waals surface area contributed by atoms with Gasteiger partial charge in [-0.25, -0.2) is 0 Å². The minimum Gasteiger partial charge on any atom is -0.396 e. The molecule has 132 valence electrons. The van der Waals surface area contributed by atoms with Crippen LogP contribution >= 0.6 is 0 Å². The van der Waals surface area contributed by atoms with E-state index in [1.54, 1.807) is 18.2 Å². The Morgan fingerprint density at radius 3 is 1.74 bits per heavy atom. The van der Waals surface area contributed by atoms with Gasteiger partial charge in [0.15, 0.2) is 0 Å². The Hall–Kier alpha value is -0.910. The van der Waals surface area contributed by atoms with Crippen LogP contribution in [-0.2, 0) is 16.5 Å². The van der Waals surface area contributed by atoms with Gasteiger partial charge in [0, 0.05) is 6.61 Å². The second kappa shape index (κ2) is 11.6. The number of hydrogen-bond donors (Lipinski definition) is 2. The quantitative estimate of drug-likeness (QED) is 0.412. The number of hydrogen-bond acceptors (Lipinski definition) is 3. The molecule has 0 bridgehead atoms. The van der Waals surface area contributed by atoms with Crippen molar-refractivity contribution in [1.29, 1.82) is 0 Å². The maximum absolute atomic E-state index is 11.3. The molecule has 0 radical (unpaired) electrons. The lowest BCUT2D eigenvalue weighted by molar-refractivity contribution is 0.282. The van der Waals surface area contributed by atoms with Crippen LogP contribution in [0, 0.1) is 0 Å². The van der Waals surface area contributed by atoms with Crippen molar-refractivity contribution in [3.8, 4) is 0 Å².